The summed E-state index contributed by atoms with van der Waals surface area (Å²) >= 11 is 3.33. The molecule has 0 heterocycles. The number of hydrogen-bond donors (Lipinski definition) is 1. The topological polar surface area (TPSA) is 20.2 Å². The van der Waals surface area contributed by atoms with Crippen molar-refractivity contribution >= 4 is 15.9 Å². The van der Waals surface area contributed by atoms with Crippen LogP contribution in [0.25, 0.3) is 0 Å². The van der Waals surface area contributed by atoms with Gasteiger partial charge in [0.05, 0.1) is 0 Å². The largest absolute Gasteiger partial charge is 0.384 e. The summed E-state index contributed by atoms with van der Waals surface area (Å²) in [6, 6.07) is 10.1. The molecule has 0 bridgehead atoms. The Labute approximate surface area is 114 Å². The molecule has 2 aromatic rings. The van der Waals surface area contributed by atoms with Gasteiger partial charge in [-0.2, -0.15) is 0 Å². The highest BCUT2D eigenvalue weighted by Crippen LogP contribution is 2.30. The van der Waals surface area contributed by atoms with E-state index >= 15 is 0 Å². The normalized spacial score (nSPS) is 12.5. The number of benzene rings is 2. The van der Waals surface area contributed by atoms with Crippen LogP contribution in [-0.4, -0.2) is 5.11 Å². The van der Waals surface area contributed by atoms with Crippen LogP contribution in [0.3, 0.4) is 0 Å². The van der Waals surface area contributed by atoms with Crippen molar-refractivity contribution in [2.45, 2.75) is 20.0 Å². The predicted octanol–water partition coefficient (Wildman–Crippen LogP) is 4.29. The molecule has 0 saturated carbocycles. The third-order valence-electron chi connectivity index (χ3n) is 3.10. The molecule has 0 spiro atoms. The molecular formula is C15H14BrFO. The lowest BCUT2D eigenvalue weighted by Gasteiger charge is -2.15. The molecule has 1 nitrogen and oxygen atoms in total. The number of hydrogen-bond acceptors (Lipinski definition) is 1. The van der Waals surface area contributed by atoms with E-state index in [9.17, 15) is 9.50 Å². The summed E-state index contributed by atoms with van der Waals surface area (Å²) < 4.78 is 13.9. The quantitative estimate of drug-likeness (QED) is 0.877. The Hall–Kier alpha value is -1.19. The van der Waals surface area contributed by atoms with Crippen LogP contribution in [0.5, 0.6) is 0 Å². The van der Waals surface area contributed by atoms with Crippen LogP contribution in [0.15, 0.2) is 40.9 Å². The maximum absolute atomic E-state index is 13.2. The second-order valence-electron chi connectivity index (χ2n) is 4.41. The molecule has 0 amide bonds. The monoisotopic (exact) mass is 308 g/mol. The van der Waals surface area contributed by atoms with E-state index in [1.54, 1.807) is 6.07 Å². The molecule has 18 heavy (non-hydrogen) atoms. The Morgan fingerprint density at radius 3 is 2.44 bits per heavy atom. The Kier molecular flexibility index (Phi) is 3.83. The van der Waals surface area contributed by atoms with E-state index in [2.05, 4.69) is 15.9 Å². The van der Waals surface area contributed by atoms with E-state index in [0.717, 1.165) is 11.1 Å². The molecule has 1 unspecified atom stereocenters. The molecular weight excluding hydrogens is 295 g/mol. The molecule has 1 atom stereocenters. The van der Waals surface area contributed by atoms with Gasteiger partial charge in [-0.25, -0.2) is 4.39 Å². The van der Waals surface area contributed by atoms with Gasteiger partial charge in [-0.3, -0.25) is 0 Å². The molecule has 0 saturated heterocycles. The summed E-state index contributed by atoms with van der Waals surface area (Å²) in [7, 11) is 0. The van der Waals surface area contributed by atoms with Gasteiger partial charge in [0, 0.05) is 10.0 Å². The number of halogens is 2. The molecule has 3 heteroatoms. The van der Waals surface area contributed by atoms with Gasteiger partial charge in [0.15, 0.2) is 0 Å². The van der Waals surface area contributed by atoms with Crippen LogP contribution in [0.1, 0.15) is 28.4 Å². The molecule has 0 aromatic heterocycles. The van der Waals surface area contributed by atoms with E-state index in [-0.39, 0.29) is 5.82 Å². The molecule has 94 valence electrons. The van der Waals surface area contributed by atoms with Crippen LogP contribution in [0.2, 0.25) is 0 Å². The summed E-state index contributed by atoms with van der Waals surface area (Å²) in [6.45, 7) is 4.01. The van der Waals surface area contributed by atoms with Gasteiger partial charge in [0.25, 0.3) is 0 Å². The molecule has 0 aliphatic carbocycles. The van der Waals surface area contributed by atoms with Crippen molar-refractivity contribution in [1.82, 2.24) is 0 Å². The number of rotatable bonds is 2. The van der Waals surface area contributed by atoms with Crippen molar-refractivity contribution < 1.29 is 9.50 Å². The first-order chi connectivity index (χ1) is 8.49. The fourth-order valence-electron chi connectivity index (χ4n) is 1.84. The minimum absolute atomic E-state index is 0.351. The third kappa shape index (κ3) is 2.62. The summed E-state index contributed by atoms with van der Waals surface area (Å²) in [5, 5.41) is 10.3. The maximum atomic E-state index is 13.2. The van der Waals surface area contributed by atoms with Crippen molar-refractivity contribution in [3.63, 3.8) is 0 Å². The molecule has 0 fully saturated rings. The average Bonchev–Trinajstić information content (AvgIpc) is 2.35. The molecule has 0 radical (unpaired) electrons. The second kappa shape index (κ2) is 5.21. The first-order valence-electron chi connectivity index (χ1n) is 5.69. The van der Waals surface area contributed by atoms with Crippen LogP contribution in [0.4, 0.5) is 4.39 Å². The van der Waals surface area contributed by atoms with Gasteiger partial charge >= 0.3 is 0 Å². The first kappa shape index (κ1) is 13.2. The van der Waals surface area contributed by atoms with E-state index in [4.69, 9.17) is 0 Å². The Bertz CT molecular complexity index is 581. The van der Waals surface area contributed by atoms with Gasteiger partial charge in [0.2, 0.25) is 0 Å². The second-order valence-corrected chi connectivity index (χ2v) is 5.27. The lowest BCUT2D eigenvalue weighted by atomic mass is 9.98. The molecule has 0 aliphatic rings. The van der Waals surface area contributed by atoms with Crippen LogP contribution >= 0.6 is 15.9 Å². The first-order valence-corrected chi connectivity index (χ1v) is 6.48. The van der Waals surface area contributed by atoms with Crippen molar-refractivity contribution in [1.29, 1.82) is 0 Å². The van der Waals surface area contributed by atoms with E-state index < -0.39 is 6.10 Å². The Morgan fingerprint density at radius 1 is 1.06 bits per heavy atom. The zero-order valence-corrected chi connectivity index (χ0v) is 11.8. The minimum atomic E-state index is -0.825. The molecule has 2 aromatic carbocycles. The minimum Gasteiger partial charge on any atom is -0.384 e. The van der Waals surface area contributed by atoms with E-state index in [0.29, 0.717) is 10.0 Å². The SMILES string of the molecule is Cc1ccc(C(O)c2cc(F)ccc2Br)cc1C. The van der Waals surface area contributed by atoms with E-state index in [1.807, 2.05) is 32.0 Å². The van der Waals surface area contributed by atoms with Gasteiger partial charge in [-0.15, -0.1) is 0 Å². The lowest BCUT2D eigenvalue weighted by molar-refractivity contribution is 0.219. The zero-order valence-electron chi connectivity index (χ0n) is 10.2. The van der Waals surface area contributed by atoms with Crippen LogP contribution in [0, 0.1) is 19.7 Å². The van der Waals surface area contributed by atoms with Crippen molar-refractivity contribution in [3.05, 3.63) is 68.9 Å². The van der Waals surface area contributed by atoms with Crippen molar-refractivity contribution in [3.8, 4) is 0 Å². The summed E-state index contributed by atoms with van der Waals surface area (Å²) in [5.74, 6) is -0.351. The number of aliphatic hydroxyl groups is 1. The zero-order chi connectivity index (χ0) is 13.3. The fraction of sp³-hybridized carbons (Fsp3) is 0.200. The lowest BCUT2D eigenvalue weighted by Crippen LogP contribution is -2.02. The Morgan fingerprint density at radius 2 is 1.78 bits per heavy atom. The summed E-state index contributed by atoms with van der Waals surface area (Å²) in [6.07, 6.45) is -0.825. The fourth-order valence-corrected chi connectivity index (χ4v) is 2.30. The van der Waals surface area contributed by atoms with Crippen LogP contribution < -0.4 is 0 Å². The predicted molar refractivity (Wildman–Crippen MR) is 74.1 cm³/mol. The third-order valence-corrected chi connectivity index (χ3v) is 3.82. The van der Waals surface area contributed by atoms with Crippen LogP contribution in [-0.2, 0) is 0 Å². The smallest absolute Gasteiger partial charge is 0.123 e. The van der Waals surface area contributed by atoms with Gasteiger partial charge in [-0.05, 0) is 48.7 Å². The van der Waals surface area contributed by atoms with Gasteiger partial charge < -0.3 is 5.11 Å². The number of aliphatic hydroxyl groups excluding tert-OH is 1. The molecule has 1 N–H and O–H groups in total. The highest BCUT2D eigenvalue weighted by Gasteiger charge is 2.15. The standard InChI is InChI=1S/C15H14BrFO/c1-9-3-4-11(7-10(9)2)15(18)13-8-12(17)5-6-14(13)16/h3-8,15,18H,1-2H3. The maximum Gasteiger partial charge on any atom is 0.123 e. The van der Waals surface area contributed by atoms with Crippen molar-refractivity contribution in [2.24, 2.45) is 0 Å². The summed E-state index contributed by atoms with van der Waals surface area (Å²) in [5.41, 5.74) is 3.59. The van der Waals surface area contributed by atoms with E-state index in [1.165, 1.54) is 17.7 Å². The molecule has 0 aliphatic heterocycles. The average molecular weight is 309 g/mol. The highest BCUT2D eigenvalue weighted by atomic mass is 79.9. The summed E-state index contributed by atoms with van der Waals surface area (Å²) in [4.78, 5) is 0. The van der Waals surface area contributed by atoms with Crippen molar-refractivity contribution in [2.75, 3.05) is 0 Å². The Balaban J connectivity index is 2.44. The van der Waals surface area contributed by atoms with Gasteiger partial charge in [0.1, 0.15) is 11.9 Å². The number of aryl methyl sites for hydroxylation is 2. The van der Waals surface area contributed by atoms with Gasteiger partial charge in [-0.1, -0.05) is 34.1 Å². The molecule has 2 rings (SSSR count). The highest BCUT2D eigenvalue weighted by molar-refractivity contribution is 9.10.